The molecule has 2 fully saturated rings. The number of aryl methyl sites for hydroxylation is 2. The van der Waals surface area contributed by atoms with Crippen LogP contribution in [0.2, 0.25) is 0 Å². The van der Waals surface area contributed by atoms with E-state index in [-0.39, 0.29) is 0 Å². The first-order valence-corrected chi connectivity index (χ1v) is 7.92. The smallest absolute Gasteiger partial charge is 0.225 e. The highest BCUT2D eigenvalue weighted by atomic mass is 16.2. The van der Waals surface area contributed by atoms with Gasteiger partial charge in [-0.25, -0.2) is 4.98 Å². The molecule has 1 aromatic rings. The van der Waals surface area contributed by atoms with Gasteiger partial charge in [-0.2, -0.15) is 0 Å². The summed E-state index contributed by atoms with van der Waals surface area (Å²) in [6, 6.07) is 0. The lowest BCUT2D eigenvalue weighted by atomic mass is 10.1. The van der Waals surface area contributed by atoms with Crippen LogP contribution in [0, 0.1) is 25.7 Å². The standard InChI is InChI=1S/C16H25N3O/c1-12-9-17-13(2)19(12)11-14-7-8-18(10-14)16(20)15-5-3-4-6-15/h9,14-15H,3-8,10-11H2,1-2H3. The first kappa shape index (κ1) is 13.7. The maximum absolute atomic E-state index is 12.4. The Kier molecular flexibility index (Phi) is 3.81. The topological polar surface area (TPSA) is 38.1 Å². The second-order valence-electron chi connectivity index (χ2n) is 6.48. The molecule has 0 radical (unpaired) electrons. The highest BCUT2D eigenvalue weighted by Gasteiger charge is 2.32. The Bertz CT molecular complexity index is 468. The van der Waals surface area contributed by atoms with Crippen molar-refractivity contribution in [2.75, 3.05) is 13.1 Å². The largest absolute Gasteiger partial charge is 0.342 e. The van der Waals surface area contributed by atoms with E-state index in [0.717, 1.165) is 44.7 Å². The summed E-state index contributed by atoms with van der Waals surface area (Å²) in [5.74, 6) is 2.42. The zero-order valence-corrected chi connectivity index (χ0v) is 12.6. The fraction of sp³-hybridized carbons (Fsp3) is 0.750. The highest BCUT2D eigenvalue weighted by molar-refractivity contribution is 5.79. The van der Waals surface area contributed by atoms with Gasteiger partial charge < -0.3 is 9.47 Å². The molecule has 4 nitrogen and oxygen atoms in total. The summed E-state index contributed by atoms with van der Waals surface area (Å²) in [5, 5.41) is 0. The Morgan fingerprint density at radius 1 is 1.30 bits per heavy atom. The van der Waals surface area contributed by atoms with E-state index in [9.17, 15) is 4.79 Å². The summed E-state index contributed by atoms with van der Waals surface area (Å²) in [6.45, 7) is 7.06. The molecule has 1 amide bonds. The summed E-state index contributed by atoms with van der Waals surface area (Å²) in [5.41, 5.74) is 1.23. The van der Waals surface area contributed by atoms with Crippen LogP contribution in [0.3, 0.4) is 0 Å². The molecule has 0 spiro atoms. The summed E-state index contributed by atoms with van der Waals surface area (Å²) >= 11 is 0. The lowest BCUT2D eigenvalue weighted by Gasteiger charge is -2.21. The minimum Gasteiger partial charge on any atom is -0.342 e. The Morgan fingerprint density at radius 3 is 2.70 bits per heavy atom. The van der Waals surface area contributed by atoms with Crippen molar-refractivity contribution in [1.82, 2.24) is 14.5 Å². The molecular formula is C16H25N3O. The predicted molar refractivity (Wildman–Crippen MR) is 78.3 cm³/mol. The molecular weight excluding hydrogens is 250 g/mol. The first-order valence-electron chi connectivity index (χ1n) is 7.92. The number of aromatic nitrogens is 2. The van der Waals surface area contributed by atoms with Crippen LogP contribution in [-0.4, -0.2) is 33.4 Å². The van der Waals surface area contributed by atoms with Gasteiger partial charge in [0, 0.05) is 37.4 Å². The second-order valence-corrected chi connectivity index (χ2v) is 6.48. The van der Waals surface area contributed by atoms with Crippen LogP contribution in [0.5, 0.6) is 0 Å². The number of hydrogen-bond acceptors (Lipinski definition) is 2. The monoisotopic (exact) mass is 275 g/mol. The maximum atomic E-state index is 12.4. The number of carbonyl (C=O) groups excluding carboxylic acids is 1. The maximum Gasteiger partial charge on any atom is 0.225 e. The van der Waals surface area contributed by atoms with Gasteiger partial charge >= 0.3 is 0 Å². The molecule has 2 aliphatic rings. The van der Waals surface area contributed by atoms with Gasteiger partial charge in [0.15, 0.2) is 0 Å². The van der Waals surface area contributed by atoms with Crippen molar-refractivity contribution in [1.29, 1.82) is 0 Å². The van der Waals surface area contributed by atoms with Crippen LogP contribution < -0.4 is 0 Å². The van der Waals surface area contributed by atoms with Crippen molar-refractivity contribution < 1.29 is 4.79 Å². The number of hydrogen-bond donors (Lipinski definition) is 0. The minimum absolute atomic E-state index is 0.325. The Hall–Kier alpha value is -1.32. The third-order valence-corrected chi connectivity index (χ3v) is 5.00. The molecule has 4 heteroatoms. The van der Waals surface area contributed by atoms with Crippen molar-refractivity contribution in [2.24, 2.45) is 11.8 Å². The Morgan fingerprint density at radius 2 is 2.05 bits per heavy atom. The van der Waals surface area contributed by atoms with E-state index in [2.05, 4.69) is 28.3 Å². The van der Waals surface area contributed by atoms with Crippen LogP contribution >= 0.6 is 0 Å². The van der Waals surface area contributed by atoms with Crippen molar-refractivity contribution in [3.63, 3.8) is 0 Å². The van der Waals surface area contributed by atoms with Gasteiger partial charge in [0.05, 0.1) is 0 Å². The number of carbonyl (C=O) groups is 1. The SMILES string of the molecule is Cc1cnc(C)n1CC1CCN(C(=O)C2CCCC2)C1. The van der Waals surface area contributed by atoms with E-state index >= 15 is 0 Å². The molecule has 1 aliphatic heterocycles. The molecule has 110 valence electrons. The van der Waals surface area contributed by atoms with Gasteiger partial charge in [0.25, 0.3) is 0 Å². The molecule has 0 aromatic carbocycles. The molecule has 20 heavy (non-hydrogen) atoms. The fourth-order valence-corrected chi connectivity index (χ4v) is 3.73. The third-order valence-electron chi connectivity index (χ3n) is 5.00. The van der Waals surface area contributed by atoms with Crippen molar-refractivity contribution in [3.8, 4) is 0 Å². The quantitative estimate of drug-likeness (QED) is 0.850. The number of nitrogens with zero attached hydrogens (tertiary/aromatic N) is 3. The van der Waals surface area contributed by atoms with Gasteiger partial charge in [-0.05, 0) is 39.0 Å². The van der Waals surface area contributed by atoms with E-state index in [4.69, 9.17) is 0 Å². The molecule has 0 N–H and O–H groups in total. The van der Waals surface area contributed by atoms with E-state index in [1.807, 2.05) is 6.20 Å². The summed E-state index contributed by atoms with van der Waals surface area (Å²) in [4.78, 5) is 18.9. The fourth-order valence-electron chi connectivity index (χ4n) is 3.73. The van der Waals surface area contributed by atoms with E-state index < -0.39 is 0 Å². The molecule has 1 unspecified atom stereocenters. The van der Waals surface area contributed by atoms with E-state index in [0.29, 0.717) is 17.7 Å². The molecule has 3 rings (SSSR count). The van der Waals surface area contributed by atoms with E-state index in [1.165, 1.54) is 18.5 Å². The molecule has 0 bridgehead atoms. The normalized spacial score (nSPS) is 23.7. The Balaban J connectivity index is 1.58. The van der Waals surface area contributed by atoms with Crippen LogP contribution in [-0.2, 0) is 11.3 Å². The van der Waals surface area contributed by atoms with Crippen LogP contribution in [0.1, 0.15) is 43.6 Å². The van der Waals surface area contributed by atoms with Gasteiger partial charge in [0.2, 0.25) is 5.91 Å². The summed E-state index contributed by atoms with van der Waals surface area (Å²) in [7, 11) is 0. The number of rotatable bonds is 3. The zero-order valence-electron chi connectivity index (χ0n) is 12.6. The first-order chi connectivity index (χ1) is 9.65. The minimum atomic E-state index is 0.325. The van der Waals surface area contributed by atoms with Crippen molar-refractivity contribution >= 4 is 5.91 Å². The number of likely N-dealkylation sites (tertiary alicyclic amines) is 1. The second kappa shape index (κ2) is 5.58. The molecule has 1 aliphatic carbocycles. The summed E-state index contributed by atoms with van der Waals surface area (Å²) in [6.07, 6.45) is 7.77. The lowest BCUT2D eigenvalue weighted by Crippen LogP contribution is -2.33. The van der Waals surface area contributed by atoms with Gasteiger partial charge in [-0.1, -0.05) is 12.8 Å². The van der Waals surface area contributed by atoms with E-state index in [1.54, 1.807) is 0 Å². The molecule has 2 heterocycles. The van der Waals surface area contributed by atoms with Crippen LogP contribution in [0.4, 0.5) is 0 Å². The van der Waals surface area contributed by atoms with Crippen LogP contribution in [0.25, 0.3) is 0 Å². The molecule has 1 atom stereocenters. The highest BCUT2D eigenvalue weighted by Crippen LogP contribution is 2.29. The number of amides is 1. The third kappa shape index (κ3) is 2.60. The van der Waals surface area contributed by atoms with Gasteiger partial charge in [-0.15, -0.1) is 0 Å². The van der Waals surface area contributed by atoms with Crippen LogP contribution in [0.15, 0.2) is 6.20 Å². The summed E-state index contributed by atoms with van der Waals surface area (Å²) < 4.78 is 2.29. The lowest BCUT2D eigenvalue weighted by molar-refractivity contribution is -0.134. The van der Waals surface area contributed by atoms with Crippen molar-refractivity contribution in [3.05, 3.63) is 17.7 Å². The zero-order chi connectivity index (χ0) is 14.1. The molecule has 1 saturated heterocycles. The average Bonchev–Trinajstić information content (AvgIpc) is 3.15. The average molecular weight is 275 g/mol. The Labute approximate surface area is 121 Å². The molecule has 1 saturated carbocycles. The molecule has 1 aromatic heterocycles. The predicted octanol–water partition coefficient (Wildman–Crippen LogP) is 2.54. The van der Waals surface area contributed by atoms with Gasteiger partial charge in [-0.3, -0.25) is 4.79 Å². The van der Waals surface area contributed by atoms with Gasteiger partial charge in [0.1, 0.15) is 5.82 Å². The number of imidazole rings is 1. The van der Waals surface area contributed by atoms with Crippen molar-refractivity contribution in [2.45, 2.75) is 52.5 Å².